The highest BCUT2D eigenvalue weighted by atomic mass is 19.1. The summed E-state index contributed by atoms with van der Waals surface area (Å²) in [5, 5.41) is 9.61. The summed E-state index contributed by atoms with van der Waals surface area (Å²) in [6.45, 7) is 3.52. The summed E-state index contributed by atoms with van der Waals surface area (Å²) >= 11 is 0. The van der Waals surface area contributed by atoms with E-state index < -0.39 is 40.6 Å². The third-order valence-electron chi connectivity index (χ3n) is 6.63. The first-order chi connectivity index (χ1) is 16.6. The maximum Gasteiger partial charge on any atom is 0.185 e. The molecule has 0 aliphatic heterocycles. The van der Waals surface area contributed by atoms with Crippen molar-refractivity contribution in [1.29, 1.82) is 0 Å². The van der Waals surface area contributed by atoms with Crippen LogP contribution in [-0.2, 0) is 6.42 Å². The van der Waals surface area contributed by atoms with Crippen LogP contribution >= 0.6 is 0 Å². The number of nitrogens with zero attached hydrogens (tertiary/aromatic N) is 2. The van der Waals surface area contributed by atoms with Gasteiger partial charge in [0.15, 0.2) is 5.78 Å². The van der Waals surface area contributed by atoms with Crippen molar-refractivity contribution in [2.75, 3.05) is 0 Å². The Hall–Kier alpha value is -3.10. The van der Waals surface area contributed by atoms with Crippen LogP contribution in [0.5, 0.6) is 0 Å². The molecule has 1 fully saturated rings. The number of aliphatic hydroxyl groups is 1. The van der Waals surface area contributed by atoms with Gasteiger partial charge in [0.25, 0.3) is 0 Å². The minimum Gasteiger partial charge on any atom is -0.389 e. The van der Waals surface area contributed by atoms with Crippen LogP contribution in [0.3, 0.4) is 0 Å². The Bertz CT molecular complexity index is 1220. The number of nitrogens with two attached hydrogens (primary N) is 1. The molecule has 5 nitrogen and oxygen atoms in total. The number of carbonyl (C=O) groups is 1. The standard InChI is InChI=1S/C27H28F3N3O2/c1-14-7-17(9-19(31)8-14)20-5-6-32-13-18(20)12-25(35)24-4-3-21(28)27(33-24)26-22(29)10-16(15(2)34)11-23(26)30/h3-6,10-11,13-15,17,19,34H,7-9,12,31H2,1-2H3/t14-,15+,17+,19-/m0/s1. The first kappa shape index (κ1) is 25.0. The highest BCUT2D eigenvalue weighted by Gasteiger charge is 2.28. The van der Waals surface area contributed by atoms with Gasteiger partial charge in [-0.05, 0) is 85.0 Å². The molecule has 8 heteroatoms. The maximum absolute atomic E-state index is 14.7. The Kier molecular flexibility index (Phi) is 7.33. The van der Waals surface area contributed by atoms with Crippen molar-refractivity contribution in [1.82, 2.24) is 9.97 Å². The van der Waals surface area contributed by atoms with E-state index in [1.54, 1.807) is 12.4 Å². The van der Waals surface area contributed by atoms with E-state index in [2.05, 4.69) is 16.9 Å². The molecule has 4 atom stereocenters. The lowest BCUT2D eigenvalue weighted by molar-refractivity contribution is 0.0987. The van der Waals surface area contributed by atoms with Gasteiger partial charge >= 0.3 is 0 Å². The topological polar surface area (TPSA) is 89.1 Å². The van der Waals surface area contributed by atoms with Gasteiger partial charge in [0.1, 0.15) is 28.8 Å². The number of carbonyl (C=O) groups excluding carboxylic acids is 1. The van der Waals surface area contributed by atoms with Crippen molar-refractivity contribution in [2.24, 2.45) is 11.7 Å². The molecule has 0 amide bonds. The summed E-state index contributed by atoms with van der Waals surface area (Å²) in [5.41, 5.74) is 6.58. The molecule has 4 rings (SSSR count). The molecular formula is C27H28F3N3O2. The molecule has 0 radical (unpaired) electrons. The van der Waals surface area contributed by atoms with E-state index in [0.717, 1.165) is 48.6 Å². The smallest absolute Gasteiger partial charge is 0.185 e. The molecule has 2 heterocycles. The third-order valence-corrected chi connectivity index (χ3v) is 6.63. The number of benzene rings is 1. The summed E-state index contributed by atoms with van der Waals surface area (Å²) in [4.78, 5) is 21.3. The number of hydrogen-bond donors (Lipinski definition) is 2. The molecule has 0 unspecified atom stereocenters. The SMILES string of the molecule is C[C@@H]1C[C@H](N)C[C@H](c2ccncc2CC(=O)c2ccc(F)c(-c3c(F)cc([C@@H](C)O)cc3F)n2)C1. The molecule has 0 bridgehead atoms. The second-order valence-electron chi connectivity index (χ2n) is 9.51. The van der Waals surface area contributed by atoms with Gasteiger partial charge in [-0.2, -0.15) is 0 Å². The Morgan fingerprint density at radius 3 is 2.49 bits per heavy atom. The van der Waals surface area contributed by atoms with Gasteiger partial charge in [0.05, 0.1) is 11.7 Å². The molecule has 3 N–H and O–H groups in total. The van der Waals surface area contributed by atoms with Gasteiger partial charge in [0, 0.05) is 24.9 Å². The van der Waals surface area contributed by atoms with E-state index in [1.807, 2.05) is 6.07 Å². The van der Waals surface area contributed by atoms with Crippen LogP contribution in [0.15, 0.2) is 42.7 Å². The first-order valence-electron chi connectivity index (χ1n) is 11.7. The molecule has 1 aliphatic rings. The number of aliphatic hydroxyl groups excluding tert-OH is 1. The predicted molar refractivity (Wildman–Crippen MR) is 126 cm³/mol. The van der Waals surface area contributed by atoms with Crippen molar-refractivity contribution < 1.29 is 23.1 Å². The molecule has 0 saturated heterocycles. The summed E-state index contributed by atoms with van der Waals surface area (Å²) in [7, 11) is 0. The quantitative estimate of drug-likeness (QED) is 0.466. The van der Waals surface area contributed by atoms with Gasteiger partial charge in [-0.15, -0.1) is 0 Å². The molecular weight excluding hydrogens is 455 g/mol. The average Bonchev–Trinajstić information content (AvgIpc) is 2.79. The van der Waals surface area contributed by atoms with E-state index in [0.29, 0.717) is 5.92 Å². The van der Waals surface area contributed by atoms with Crippen LogP contribution in [0, 0.1) is 23.4 Å². The van der Waals surface area contributed by atoms with Crippen molar-refractivity contribution in [3.8, 4) is 11.3 Å². The summed E-state index contributed by atoms with van der Waals surface area (Å²) in [6, 6.07) is 6.02. The molecule has 2 aromatic heterocycles. The summed E-state index contributed by atoms with van der Waals surface area (Å²) < 4.78 is 43.9. The second kappa shape index (κ2) is 10.3. The largest absolute Gasteiger partial charge is 0.389 e. The van der Waals surface area contributed by atoms with Gasteiger partial charge in [-0.3, -0.25) is 9.78 Å². The van der Waals surface area contributed by atoms with Crippen molar-refractivity contribution in [3.05, 3.63) is 82.6 Å². The number of Topliss-reactive ketones (excluding diaryl/α,β-unsaturated/α-hetero) is 1. The van der Waals surface area contributed by atoms with Gasteiger partial charge in [0.2, 0.25) is 0 Å². The minimum atomic E-state index is -1.10. The van der Waals surface area contributed by atoms with E-state index in [-0.39, 0.29) is 29.6 Å². The number of halogens is 3. The number of pyridine rings is 2. The van der Waals surface area contributed by atoms with Crippen molar-refractivity contribution >= 4 is 5.78 Å². The lowest BCUT2D eigenvalue weighted by Gasteiger charge is -2.32. The fraction of sp³-hybridized carbons (Fsp3) is 0.370. The molecule has 0 spiro atoms. The Labute approximate surface area is 202 Å². The maximum atomic E-state index is 14.7. The Balaban J connectivity index is 1.64. The van der Waals surface area contributed by atoms with E-state index in [4.69, 9.17) is 5.73 Å². The molecule has 1 saturated carbocycles. The van der Waals surface area contributed by atoms with Gasteiger partial charge in [-0.25, -0.2) is 18.2 Å². The monoisotopic (exact) mass is 483 g/mol. The van der Waals surface area contributed by atoms with Crippen LogP contribution in [-0.4, -0.2) is 26.9 Å². The first-order valence-corrected chi connectivity index (χ1v) is 11.7. The third kappa shape index (κ3) is 5.44. The Morgan fingerprint density at radius 1 is 1.11 bits per heavy atom. The highest BCUT2D eigenvalue weighted by molar-refractivity contribution is 5.96. The summed E-state index contributed by atoms with van der Waals surface area (Å²) in [6.07, 6.45) is 4.92. The normalized spacial score (nSPS) is 21.1. The molecule has 1 aliphatic carbocycles. The zero-order valence-corrected chi connectivity index (χ0v) is 19.6. The number of hydrogen-bond acceptors (Lipinski definition) is 5. The van der Waals surface area contributed by atoms with Gasteiger partial charge < -0.3 is 10.8 Å². The van der Waals surface area contributed by atoms with Crippen LogP contribution in [0.4, 0.5) is 13.2 Å². The summed E-state index contributed by atoms with van der Waals surface area (Å²) in [5.74, 6) is -2.87. The number of rotatable bonds is 6. The second-order valence-corrected chi connectivity index (χ2v) is 9.51. The lowest BCUT2D eigenvalue weighted by Crippen LogP contribution is -2.31. The van der Waals surface area contributed by atoms with Crippen LogP contribution in [0.25, 0.3) is 11.3 Å². The van der Waals surface area contributed by atoms with Crippen LogP contribution in [0.2, 0.25) is 0 Å². The zero-order chi connectivity index (χ0) is 25.3. The number of aromatic nitrogens is 2. The Morgan fingerprint density at radius 2 is 1.83 bits per heavy atom. The predicted octanol–water partition coefficient (Wildman–Crippen LogP) is 5.27. The molecule has 35 heavy (non-hydrogen) atoms. The van der Waals surface area contributed by atoms with Crippen LogP contribution in [0.1, 0.15) is 72.3 Å². The fourth-order valence-electron chi connectivity index (χ4n) is 4.99. The fourth-order valence-corrected chi connectivity index (χ4v) is 4.99. The molecule has 1 aromatic carbocycles. The molecule has 184 valence electrons. The van der Waals surface area contributed by atoms with E-state index in [9.17, 15) is 23.1 Å². The van der Waals surface area contributed by atoms with E-state index >= 15 is 0 Å². The lowest BCUT2D eigenvalue weighted by atomic mass is 9.75. The average molecular weight is 484 g/mol. The minimum absolute atomic E-state index is 0.0113. The molecule has 3 aromatic rings. The van der Waals surface area contributed by atoms with Crippen molar-refractivity contribution in [3.63, 3.8) is 0 Å². The van der Waals surface area contributed by atoms with Crippen LogP contribution < -0.4 is 5.73 Å². The zero-order valence-electron chi connectivity index (χ0n) is 19.6. The van der Waals surface area contributed by atoms with E-state index in [1.165, 1.54) is 13.0 Å². The van der Waals surface area contributed by atoms with Gasteiger partial charge in [-0.1, -0.05) is 6.92 Å². The van der Waals surface area contributed by atoms with Crippen molar-refractivity contribution in [2.45, 2.75) is 57.6 Å². The highest BCUT2D eigenvalue weighted by Crippen LogP contribution is 2.37. The number of ketones is 1.